The molecule has 1 aliphatic heterocycles. The highest BCUT2D eigenvalue weighted by Gasteiger charge is 2.39. The first-order valence-corrected chi connectivity index (χ1v) is 7.09. The van der Waals surface area contributed by atoms with Crippen molar-refractivity contribution in [3.8, 4) is 5.75 Å². The number of aliphatic carboxylic acids is 1. The van der Waals surface area contributed by atoms with Crippen LogP contribution in [0.25, 0.3) is 0 Å². The Hall–Kier alpha value is -2.04. The van der Waals surface area contributed by atoms with Crippen molar-refractivity contribution in [2.75, 3.05) is 20.2 Å². The van der Waals surface area contributed by atoms with Crippen LogP contribution in [0.1, 0.15) is 25.3 Å². The summed E-state index contributed by atoms with van der Waals surface area (Å²) < 4.78 is 5.14. The molecule has 21 heavy (non-hydrogen) atoms. The fourth-order valence-electron chi connectivity index (χ4n) is 2.70. The Morgan fingerprint density at radius 1 is 1.43 bits per heavy atom. The number of carbonyl (C=O) groups is 2. The van der Waals surface area contributed by atoms with Crippen molar-refractivity contribution in [1.29, 1.82) is 0 Å². The normalized spacial score (nSPS) is 21.9. The minimum Gasteiger partial charge on any atom is -0.497 e. The summed E-state index contributed by atoms with van der Waals surface area (Å²) >= 11 is 0. The third-order valence-corrected chi connectivity index (χ3v) is 4.05. The van der Waals surface area contributed by atoms with Crippen molar-refractivity contribution in [2.45, 2.75) is 26.2 Å². The van der Waals surface area contributed by atoms with Gasteiger partial charge in [0.25, 0.3) is 0 Å². The third kappa shape index (κ3) is 3.54. The van der Waals surface area contributed by atoms with Crippen LogP contribution in [-0.2, 0) is 16.0 Å². The number of methoxy groups -OCH3 is 1. The molecule has 0 saturated carbocycles. The molecule has 1 fully saturated rings. The molecule has 1 N–H and O–H groups in total. The van der Waals surface area contributed by atoms with Crippen LogP contribution in [0, 0.1) is 5.41 Å². The highest BCUT2D eigenvalue weighted by Crippen LogP contribution is 2.30. The molecule has 2 rings (SSSR count). The molecular formula is C16H21NO4. The van der Waals surface area contributed by atoms with E-state index >= 15 is 0 Å². The summed E-state index contributed by atoms with van der Waals surface area (Å²) in [5.74, 6) is -0.147. The first-order chi connectivity index (χ1) is 9.94. The second kappa shape index (κ2) is 6.16. The molecule has 1 amide bonds. The van der Waals surface area contributed by atoms with Gasteiger partial charge in [-0.1, -0.05) is 12.1 Å². The number of likely N-dealkylation sites (tertiary alicyclic amines) is 1. The van der Waals surface area contributed by atoms with Gasteiger partial charge in [0.2, 0.25) is 5.91 Å². The van der Waals surface area contributed by atoms with Gasteiger partial charge < -0.3 is 14.7 Å². The minimum absolute atomic E-state index is 0.0320. The van der Waals surface area contributed by atoms with Gasteiger partial charge in [-0.2, -0.15) is 0 Å². The van der Waals surface area contributed by atoms with E-state index in [0.717, 1.165) is 12.0 Å². The number of rotatable bonds is 4. The highest BCUT2D eigenvalue weighted by molar-refractivity contribution is 5.81. The van der Waals surface area contributed by atoms with Crippen molar-refractivity contribution >= 4 is 11.9 Å². The Morgan fingerprint density at radius 2 is 2.19 bits per heavy atom. The molecule has 0 bridgehead atoms. The fourth-order valence-corrected chi connectivity index (χ4v) is 2.70. The lowest BCUT2D eigenvalue weighted by molar-refractivity contribution is -0.153. The van der Waals surface area contributed by atoms with E-state index in [1.807, 2.05) is 24.3 Å². The number of hydrogen-bond donors (Lipinski definition) is 1. The average Bonchev–Trinajstić information content (AvgIpc) is 2.47. The Bertz CT molecular complexity index is 543. The quantitative estimate of drug-likeness (QED) is 0.920. The molecule has 5 heteroatoms. The topological polar surface area (TPSA) is 66.8 Å². The third-order valence-electron chi connectivity index (χ3n) is 4.05. The van der Waals surface area contributed by atoms with E-state index in [1.165, 1.54) is 0 Å². The van der Waals surface area contributed by atoms with Crippen LogP contribution in [0.2, 0.25) is 0 Å². The Kier molecular flexibility index (Phi) is 4.50. The van der Waals surface area contributed by atoms with Gasteiger partial charge in [0.15, 0.2) is 0 Å². The van der Waals surface area contributed by atoms with Crippen molar-refractivity contribution in [3.63, 3.8) is 0 Å². The monoisotopic (exact) mass is 291 g/mol. The first-order valence-electron chi connectivity index (χ1n) is 7.09. The summed E-state index contributed by atoms with van der Waals surface area (Å²) in [6.45, 7) is 2.62. The van der Waals surface area contributed by atoms with E-state index < -0.39 is 11.4 Å². The van der Waals surface area contributed by atoms with E-state index in [0.29, 0.717) is 18.7 Å². The van der Waals surface area contributed by atoms with E-state index in [-0.39, 0.29) is 18.9 Å². The van der Waals surface area contributed by atoms with Crippen LogP contribution in [0.3, 0.4) is 0 Å². The number of piperidine rings is 1. The molecular weight excluding hydrogens is 270 g/mol. The molecule has 0 aliphatic carbocycles. The summed E-state index contributed by atoms with van der Waals surface area (Å²) in [4.78, 5) is 25.4. The molecule has 1 heterocycles. The molecule has 1 aliphatic rings. The van der Waals surface area contributed by atoms with Crippen LogP contribution in [0.4, 0.5) is 0 Å². The molecule has 1 aromatic rings. The number of nitrogens with zero attached hydrogens (tertiary/aromatic N) is 1. The summed E-state index contributed by atoms with van der Waals surface area (Å²) in [6, 6.07) is 7.38. The lowest BCUT2D eigenvalue weighted by Gasteiger charge is -2.37. The van der Waals surface area contributed by atoms with Crippen molar-refractivity contribution in [2.24, 2.45) is 5.41 Å². The Morgan fingerprint density at radius 3 is 2.86 bits per heavy atom. The molecule has 0 radical (unpaired) electrons. The lowest BCUT2D eigenvalue weighted by Crippen LogP contribution is -2.48. The van der Waals surface area contributed by atoms with Gasteiger partial charge in [0, 0.05) is 13.1 Å². The predicted octanol–water partition coefficient (Wildman–Crippen LogP) is 1.95. The smallest absolute Gasteiger partial charge is 0.311 e. The Balaban J connectivity index is 2.04. The SMILES string of the molecule is COc1cccc(CC(=O)N2CCCC(C)(C(=O)O)C2)c1. The van der Waals surface area contributed by atoms with Crippen LogP contribution < -0.4 is 4.74 Å². The fraction of sp³-hybridized carbons (Fsp3) is 0.500. The van der Waals surface area contributed by atoms with Gasteiger partial charge in [-0.25, -0.2) is 0 Å². The number of carbonyl (C=O) groups excluding carboxylic acids is 1. The van der Waals surface area contributed by atoms with Crippen molar-refractivity contribution < 1.29 is 19.4 Å². The summed E-state index contributed by atoms with van der Waals surface area (Å²) in [7, 11) is 1.59. The van der Waals surface area contributed by atoms with Gasteiger partial charge in [-0.05, 0) is 37.5 Å². The summed E-state index contributed by atoms with van der Waals surface area (Å²) in [5, 5.41) is 9.30. The zero-order valence-corrected chi connectivity index (χ0v) is 12.5. The van der Waals surface area contributed by atoms with Crippen LogP contribution >= 0.6 is 0 Å². The predicted molar refractivity (Wildman–Crippen MR) is 78.3 cm³/mol. The first kappa shape index (κ1) is 15.4. The Labute approximate surface area is 124 Å². The van der Waals surface area contributed by atoms with Crippen LogP contribution in [0.15, 0.2) is 24.3 Å². The van der Waals surface area contributed by atoms with Crippen molar-refractivity contribution in [1.82, 2.24) is 4.90 Å². The van der Waals surface area contributed by atoms with E-state index in [2.05, 4.69) is 0 Å². The molecule has 0 aromatic heterocycles. The molecule has 1 aromatic carbocycles. The number of amides is 1. The number of benzene rings is 1. The van der Waals surface area contributed by atoms with Gasteiger partial charge in [0.1, 0.15) is 5.75 Å². The van der Waals surface area contributed by atoms with Gasteiger partial charge in [-0.15, -0.1) is 0 Å². The maximum Gasteiger partial charge on any atom is 0.311 e. The maximum atomic E-state index is 12.4. The largest absolute Gasteiger partial charge is 0.497 e. The number of carboxylic acids is 1. The molecule has 0 spiro atoms. The van der Waals surface area contributed by atoms with E-state index in [4.69, 9.17) is 4.74 Å². The highest BCUT2D eigenvalue weighted by atomic mass is 16.5. The van der Waals surface area contributed by atoms with Gasteiger partial charge in [0.05, 0.1) is 18.9 Å². The van der Waals surface area contributed by atoms with Crippen LogP contribution in [0.5, 0.6) is 5.75 Å². The second-order valence-electron chi connectivity index (χ2n) is 5.81. The van der Waals surface area contributed by atoms with Gasteiger partial charge in [-0.3, -0.25) is 9.59 Å². The number of carboxylic acid groups (broad SMARTS) is 1. The number of ether oxygens (including phenoxy) is 1. The standard InChI is InChI=1S/C16H21NO4/c1-16(15(19)20)7-4-8-17(11-16)14(18)10-12-5-3-6-13(9-12)21-2/h3,5-6,9H,4,7-8,10-11H2,1-2H3,(H,19,20). The van der Waals surface area contributed by atoms with Gasteiger partial charge >= 0.3 is 5.97 Å². The average molecular weight is 291 g/mol. The zero-order valence-electron chi connectivity index (χ0n) is 12.5. The molecule has 1 saturated heterocycles. The zero-order chi connectivity index (χ0) is 15.5. The van der Waals surface area contributed by atoms with E-state index in [1.54, 1.807) is 18.9 Å². The lowest BCUT2D eigenvalue weighted by atomic mass is 9.82. The van der Waals surface area contributed by atoms with Crippen molar-refractivity contribution in [3.05, 3.63) is 29.8 Å². The number of hydrogen-bond acceptors (Lipinski definition) is 3. The second-order valence-corrected chi connectivity index (χ2v) is 5.81. The molecule has 1 atom stereocenters. The molecule has 1 unspecified atom stereocenters. The summed E-state index contributed by atoms with van der Waals surface area (Å²) in [5.41, 5.74) is 0.0457. The molecule has 114 valence electrons. The van der Waals surface area contributed by atoms with Crippen LogP contribution in [-0.4, -0.2) is 42.1 Å². The van der Waals surface area contributed by atoms with E-state index in [9.17, 15) is 14.7 Å². The minimum atomic E-state index is -0.832. The molecule has 5 nitrogen and oxygen atoms in total. The maximum absolute atomic E-state index is 12.4. The summed E-state index contributed by atoms with van der Waals surface area (Å²) in [6.07, 6.45) is 1.62.